The number of nitrogens with one attached hydrogen (secondary N) is 2. The molecule has 0 bridgehead atoms. The summed E-state index contributed by atoms with van der Waals surface area (Å²) < 4.78 is 27.5. The number of anilines is 5. The standard InChI is InChI=1S/C20H21N9O2S/c1-5-13-10-23-20(25-14-11-24-28(2)12-14)27-19(13)26-16-7-6-15-17(22-9-8-21-15)18(16)29(3)32(4,30)31/h5-12H,1H2,2-4H3,(H2,23,25,26,27). The van der Waals surface area contributed by atoms with Crippen LogP contribution in [0.4, 0.5) is 28.8 Å². The third-order valence-electron chi connectivity index (χ3n) is 4.68. The van der Waals surface area contributed by atoms with E-state index in [4.69, 9.17) is 0 Å². The van der Waals surface area contributed by atoms with Crippen molar-refractivity contribution in [1.82, 2.24) is 29.7 Å². The Labute approximate surface area is 184 Å². The molecule has 0 atom stereocenters. The number of rotatable bonds is 7. The normalized spacial score (nSPS) is 11.3. The number of fused-ring (bicyclic) bond motifs is 1. The molecular weight excluding hydrogens is 430 g/mol. The molecule has 0 fully saturated rings. The van der Waals surface area contributed by atoms with Crippen molar-refractivity contribution in [2.75, 3.05) is 28.2 Å². The lowest BCUT2D eigenvalue weighted by molar-refractivity contribution is 0.600. The van der Waals surface area contributed by atoms with Gasteiger partial charge in [-0.25, -0.2) is 13.4 Å². The highest BCUT2D eigenvalue weighted by Crippen LogP contribution is 2.35. The Hall–Kier alpha value is -4.06. The number of hydrogen-bond acceptors (Lipinski definition) is 9. The summed E-state index contributed by atoms with van der Waals surface area (Å²) in [5.41, 5.74) is 3.20. The Morgan fingerprint density at radius 1 is 1.12 bits per heavy atom. The number of hydrogen-bond donors (Lipinski definition) is 2. The summed E-state index contributed by atoms with van der Waals surface area (Å²) in [5, 5.41) is 10.4. The third kappa shape index (κ3) is 4.21. The van der Waals surface area contributed by atoms with Gasteiger partial charge in [0.2, 0.25) is 16.0 Å². The van der Waals surface area contributed by atoms with Gasteiger partial charge in [0, 0.05) is 44.4 Å². The fraction of sp³-hybridized carbons (Fsp3) is 0.150. The Balaban J connectivity index is 1.80. The van der Waals surface area contributed by atoms with E-state index in [2.05, 4.69) is 42.2 Å². The first-order valence-electron chi connectivity index (χ1n) is 9.46. The molecule has 0 radical (unpaired) electrons. The van der Waals surface area contributed by atoms with Crippen LogP contribution in [0.1, 0.15) is 5.56 Å². The molecule has 12 heteroatoms. The Morgan fingerprint density at radius 2 is 1.91 bits per heavy atom. The molecule has 0 amide bonds. The van der Waals surface area contributed by atoms with E-state index in [0.717, 1.165) is 16.2 Å². The van der Waals surface area contributed by atoms with Gasteiger partial charge in [-0.3, -0.25) is 19.0 Å². The van der Waals surface area contributed by atoms with Crippen molar-refractivity contribution in [2.45, 2.75) is 0 Å². The number of nitrogens with zero attached hydrogens (tertiary/aromatic N) is 7. The lowest BCUT2D eigenvalue weighted by atomic mass is 10.2. The van der Waals surface area contributed by atoms with Gasteiger partial charge in [-0.1, -0.05) is 12.7 Å². The van der Waals surface area contributed by atoms with E-state index in [1.165, 1.54) is 13.2 Å². The van der Waals surface area contributed by atoms with E-state index in [0.29, 0.717) is 39.7 Å². The van der Waals surface area contributed by atoms with Gasteiger partial charge in [-0.15, -0.1) is 0 Å². The minimum absolute atomic E-state index is 0.338. The monoisotopic (exact) mass is 451 g/mol. The van der Waals surface area contributed by atoms with Crippen molar-refractivity contribution in [2.24, 2.45) is 7.05 Å². The van der Waals surface area contributed by atoms with Crippen LogP contribution in [-0.4, -0.2) is 51.4 Å². The fourth-order valence-electron chi connectivity index (χ4n) is 3.05. The van der Waals surface area contributed by atoms with Crippen molar-refractivity contribution in [3.05, 3.63) is 55.3 Å². The molecule has 0 saturated carbocycles. The van der Waals surface area contributed by atoms with Gasteiger partial charge in [0.05, 0.1) is 29.3 Å². The smallest absolute Gasteiger partial charge is 0.232 e. The minimum Gasteiger partial charge on any atom is -0.338 e. The third-order valence-corrected chi connectivity index (χ3v) is 5.85. The number of sulfonamides is 1. The number of aryl methyl sites for hydroxylation is 1. The van der Waals surface area contributed by atoms with E-state index >= 15 is 0 Å². The summed E-state index contributed by atoms with van der Waals surface area (Å²) in [4.78, 5) is 17.5. The molecule has 3 aromatic heterocycles. The second-order valence-corrected chi connectivity index (χ2v) is 8.98. The molecule has 0 saturated heterocycles. The van der Waals surface area contributed by atoms with E-state index in [1.54, 1.807) is 47.7 Å². The average Bonchev–Trinajstić information content (AvgIpc) is 3.17. The van der Waals surface area contributed by atoms with Crippen LogP contribution in [-0.2, 0) is 17.1 Å². The molecule has 0 unspecified atom stereocenters. The van der Waals surface area contributed by atoms with Crippen molar-refractivity contribution in [1.29, 1.82) is 0 Å². The highest BCUT2D eigenvalue weighted by atomic mass is 32.2. The molecule has 0 aliphatic heterocycles. The van der Waals surface area contributed by atoms with Gasteiger partial charge < -0.3 is 10.6 Å². The van der Waals surface area contributed by atoms with Gasteiger partial charge >= 0.3 is 0 Å². The van der Waals surface area contributed by atoms with Crippen LogP contribution in [0.5, 0.6) is 0 Å². The molecule has 2 N–H and O–H groups in total. The first-order valence-corrected chi connectivity index (χ1v) is 11.3. The van der Waals surface area contributed by atoms with Crippen LogP contribution >= 0.6 is 0 Å². The maximum absolute atomic E-state index is 12.4. The SMILES string of the molecule is C=Cc1cnc(Nc2cnn(C)c2)nc1Nc1ccc2nccnc2c1N(C)S(C)(=O)=O. The summed E-state index contributed by atoms with van der Waals surface area (Å²) >= 11 is 0. The van der Waals surface area contributed by atoms with Gasteiger partial charge in [0.1, 0.15) is 17.0 Å². The van der Waals surface area contributed by atoms with Crippen LogP contribution in [0.25, 0.3) is 17.1 Å². The molecule has 4 rings (SSSR count). The maximum Gasteiger partial charge on any atom is 0.232 e. The van der Waals surface area contributed by atoms with E-state index < -0.39 is 10.0 Å². The zero-order valence-corrected chi connectivity index (χ0v) is 18.5. The van der Waals surface area contributed by atoms with Crippen LogP contribution < -0.4 is 14.9 Å². The topological polar surface area (TPSA) is 131 Å². The predicted octanol–water partition coefficient (Wildman–Crippen LogP) is 2.68. The zero-order chi connectivity index (χ0) is 22.9. The number of benzene rings is 1. The highest BCUT2D eigenvalue weighted by molar-refractivity contribution is 7.92. The first kappa shape index (κ1) is 21.2. The molecule has 1 aromatic carbocycles. The van der Waals surface area contributed by atoms with Crippen LogP contribution in [0.15, 0.2) is 49.7 Å². The highest BCUT2D eigenvalue weighted by Gasteiger charge is 2.21. The number of aromatic nitrogens is 6. The van der Waals surface area contributed by atoms with E-state index in [-0.39, 0.29) is 0 Å². The second-order valence-electron chi connectivity index (χ2n) is 6.97. The summed E-state index contributed by atoms with van der Waals surface area (Å²) in [5.74, 6) is 0.775. The van der Waals surface area contributed by atoms with Gasteiger partial charge in [-0.2, -0.15) is 10.1 Å². The van der Waals surface area contributed by atoms with E-state index in [9.17, 15) is 8.42 Å². The molecular formula is C20H21N9O2S. The fourth-order valence-corrected chi connectivity index (χ4v) is 3.57. The van der Waals surface area contributed by atoms with Crippen LogP contribution in [0, 0.1) is 0 Å². The minimum atomic E-state index is -3.57. The molecule has 4 aromatic rings. The average molecular weight is 452 g/mol. The summed E-state index contributed by atoms with van der Waals surface area (Å²) in [6.07, 6.45) is 10.9. The van der Waals surface area contributed by atoms with Crippen LogP contribution in [0.2, 0.25) is 0 Å². The van der Waals surface area contributed by atoms with E-state index in [1.807, 2.05) is 7.05 Å². The summed E-state index contributed by atoms with van der Waals surface area (Å²) in [6, 6.07) is 3.49. The van der Waals surface area contributed by atoms with Crippen molar-refractivity contribution in [3.63, 3.8) is 0 Å². The molecule has 0 aliphatic rings. The van der Waals surface area contributed by atoms with Gasteiger partial charge in [0.25, 0.3) is 0 Å². The van der Waals surface area contributed by atoms with Crippen molar-refractivity contribution >= 4 is 56.0 Å². The Morgan fingerprint density at radius 3 is 2.59 bits per heavy atom. The molecule has 32 heavy (non-hydrogen) atoms. The Kier molecular flexibility index (Phi) is 5.45. The van der Waals surface area contributed by atoms with Gasteiger partial charge in [0.15, 0.2) is 0 Å². The van der Waals surface area contributed by atoms with Crippen molar-refractivity contribution < 1.29 is 8.42 Å². The zero-order valence-electron chi connectivity index (χ0n) is 17.7. The molecule has 11 nitrogen and oxygen atoms in total. The van der Waals surface area contributed by atoms with Gasteiger partial charge in [-0.05, 0) is 12.1 Å². The Bertz CT molecular complexity index is 1420. The molecule has 3 heterocycles. The lowest BCUT2D eigenvalue weighted by Crippen LogP contribution is -2.26. The predicted molar refractivity (Wildman–Crippen MR) is 125 cm³/mol. The first-order chi connectivity index (χ1) is 15.3. The lowest BCUT2D eigenvalue weighted by Gasteiger charge is -2.22. The van der Waals surface area contributed by atoms with Crippen molar-refractivity contribution in [3.8, 4) is 0 Å². The molecule has 0 aliphatic carbocycles. The van der Waals surface area contributed by atoms with Crippen LogP contribution in [0.3, 0.4) is 0 Å². The molecule has 164 valence electrons. The second kappa shape index (κ2) is 8.23. The largest absolute Gasteiger partial charge is 0.338 e. The molecule has 0 spiro atoms. The summed E-state index contributed by atoms with van der Waals surface area (Å²) in [7, 11) is -0.299. The maximum atomic E-state index is 12.4. The quantitative estimate of drug-likeness (QED) is 0.435. The summed E-state index contributed by atoms with van der Waals surface area (Å²) in [6.45, 7) is 3.81.